The topological polar surface area (TPSA) is 50.9 Å². The lowest BCUT2D eigenvalue weighted by atomic mass is 10.0. The highest BCUT2D eigenvalue weighted by Crippen LogP contribution is 2.23. The van der Waals surface area contributed by atoms with Crippen molar-refractivity contribution in [1.82, 2.24) is 4.98 Å². The van der Waals surface area contributed by atoms with Crippen LogP contribution in [0, 0.1) is 5.92 Å². The predicted molar refractivity (Wildman–Crippen MR) is 73.5 cm³/mol. The zero-order valence-electron chi connectivity index (χ0n) is 10.1. The Hall–Kier alpha value is -0.770. The average Bonchev–Trinajstić information content (AvgIpc) is 2.22. The number of hydrogen-bond donors (Lipinski definition) is 2. The number of pyridine rings is 1. The minimum Gasteiger partial charge on any atom is -0.397 e. The third-order valence-corrected chi connectivity index (χ3v) is 3.30. The van der Waals surface area contributed by atoms with E-state index in [9.17, 15) is 0 Å². The standard InChI is InChI=1S/C12H20BrN3/c1-4-8(2)5-9(3)16-12-11(13)6-10(14)7-15-12/h6-9H,4-5,14H2,1-3H3,(H,15,16). The van der Waals surface area contributed by atoms with Gasteiger partial charge in [0.05, 0.1) is 16.4 Å². The second kappa shape index (κ2) is 6.09. The quantitative estimate of drug-likeness (QED) is 0.868. The average molecular weight is 286 g/mol. The Labute approximate surface area is 106 Å². The first-order valence-corrected chi connectivity index (χ1v) is 6.49. The summed E-state index contributed by atoms with van der Waals surface area (Å²) in [6.45, 7) is 6.66. The molecule has 0 fully saturated rings. The molecular weight excluding hydrogens is 266 g/mol. The molecule has 2 unspecified atom stereocenters. The van der Waals surface area contributed by atoms with Gasteiger partial charge in [-0.2, -0.15) is 0 Å². The van der Waals surface area contributed by atoms with Gasteiger partial charge in [-0.05, 0) is 41.3 Å². The van der Waals surface area contributed by atoms with Gasteiger partial charge < -0.3 is 11.1 Å². The van der Waals surface area contributed by atoms with Gasteiger partial charge in [0.25, 0.3) is 0 Å². The second-order valence-electron chi connectivity index (χ2n) is 4.39. The van der Waals surface area contributed by atoms with E-state index in [1.165, 1.54) is 6.42 Å². The van der Waals surface area contributed by atoms with Gasteiger partial charge in [0.15, 0.2) is 0 Å². The minimum atomic E-state index is 0.419. The zero-order valence-corrected chi connectivity index (χ0v) is 11.7. The molecule has 90 valence electrons. The highest BCUT2D eigenvalue weighted by atomic mass is 79.9. The van der Waals surface area contributed by atoms with E-state index in [4.69, 9.17) is 5.73 Å². The molecule has 0 saturated heterocycles. The van der Waals surface area contributed by atoms with Crippen molar-refractivity contribution in [3.05, 3.63) is 16.7 Å². The second-order valence-corrected chi connectivity index (χ2v) is 5.25. The summed E-state index contributed by atoms with van der Waals surface area (Å²) in [6.07, 6.45) is 4.03. The van der Waals surface area contributed by atoms with Crippen LogP contribution in [0.25, 0.3) is 0 Å². The number of nitrogens with one attached hydrogen (secondary N) is 1. The highest BCUT2D eigenvalue weighted by Gasteiger charge is 2.09. The van der Waals surface area contributed by atoms with E-state index >= 15 is 0 Å². The number of rotatable bonds is 5. The fourth-order valence-corrected chi connectivity index (χ4v) is 2.10. The van der Waals surface area contributed by atoms with Crippen molar-refractivity contribution in [2.45, 2.75) is 39.7 Å². The van der Waals surface area contributed by atoms with Crippen LogP contribution in [0.3, 0.4) is 0 Å². The number of nitrogens with zero attached hydrogens (tertiary/aromatic N) is 1. The van der Waals surface area contributed by atoms with Gasteiger partial charge in [0, 0.05) is 6.04 Å². The Balaban J connectivity index is 2.59. The maximum Gasteiger partial charge on any atom is 0.140 e. The molecule has 0 bridgehead atoms. The molecule has 2 atom stereocenters. The van der Waals surface area contributed by atoms with Gasteiger partial charge in [-0.3, -0.25) is 0 Å². The van der Waals surface area contributed by atoms with Crippen LogP contribution >= 0.6 is 15.9 Å². The molecule has 1 aromatic rings. The lowest BCUT2D eigenvalue weighted by Crippen LogP contribution is -2.19. The zero-order chi connectivity index (χ0) is 12.1. The molecule has 0 aliphatic heterocycles. The first-order valence-electron chi connectivity index (χ1n) is 5.70. The van der Waals surface area contributed by atoms with Gasteiger partial charge in [-0.1, -0.05) is 20.3 Å². The Kier molecular flexibility index (Phi) is 5.06. The lowest BCUT2D eigenvalue weighted by molar-refractivity contribution is 0.483. The molecule has 0 spiro atoms. The molecular formula is C12H20BrN3. The number of anilines is 2. The third-order valence-electron chi connectivity index (χ3n) is 2.70. The largest absolute Gasteiger partial charge is 0.397 e. The van der Waals surface area contributed by atoms with E-state index in [-0.39, 0.29) is 0 Å². The first-order chi connectivity index (χ1) is 7.52. The fraction of sp³-hybridized carbons (Fsp3) is 0.583. The summed E-state index contributed by atoms with van der Waals surface area (Å²) in [4.78, 5) is 4.27. The van der Waals surface area contributed by atoms with Crippen molar-refractivity contribution >= 4 is 27.4 Å². The van der Waals surface area contributed by atoms with Gasteiger partial charge in [0.1, 0.15) is 5.82 Å². The van der Waals surface area contributed by atoms with Crippen LogP contribution < -0.4 is 11.1 Å². The molecule has 3 nitrogen and oxygen atoms in total. The van der Waals surface area contributed by atoms with Gasteiger partial charge in [-0.15, -0.1) is 0 Å². The van der Waals surface area contributed by atoms with Crippen molar-refractivity contribution in [3.63, 3.8) is 0 Å². The molecule has 4 heteroatoms. The summed E-state index contributed by atoms with van der Waals surface area (Å²) in [5.74, 6) is 1.60. The summed E-state index contributed by atoms with van der Waals surface area (Å²) in [6, 6.07) is 2.29. The number of nitrogen functional groups attached to an aromatic ring is 1. The maximum atomic E-state index is 5.64. The summed E-state index contributed by atoms with van der Waals surface area (Å²) in [5, 5.41) is 3.39. The number of aromatic nitrogens is 1. The van der Waals surface area contributed by atoms with Crippen LogP contribution in [0.4, 0.5) is 11.5 Å². The van der Waals surface area contributed by atoms with Crippen LogP contribution in [0.5, 0.6) is 0 Å². The summed E-state index contributed by atoms with van der Waals surface area (Å²) in [5.41, 5.74) is 6.31. The van der Waals surface area contributed by atoms with E-state index < -0.39 is 0 Å². The molecule has 3 N–H and O–H groups in total. The monoisotopic (exact) mass is 285 g/mol. The molecule has 1 aromatic heterocycles. The highest BCUT2D eigenvalue weighted by molar-refractivity contribution is 9.10. The van der Waals surface area contributed by atoms with E-state index in [1.807, 2.05) is 6.07 Å². The number of hydrogen-bond acceptors (Lipinski definition) is 3. The summed E-state index contributed by atoms with van der Waals surface area (Å²) in [7, 11) is 0. The van der Waals surface area contributed by atoms with Crippen molar-refractivity contribution in [3.8, 4) is 0 Å². The molecule has 16 heavy (non-hydrogen) atoms. The van der Waals surface area contributed by atoms with E-state index in [2.05, 4.69) is 47.0 Å². The smallest absolute Gasteiger partial charge is 0.140 e. The Morgan fingerprint density at radius 1 is 1.50 bits per heavy atom. The van der Waals surface area contributed by atoms with Crippen LogP contribution in [0.2, 0.25) is 0 Å². The number of halogens is 1. The van der Waals surface area contributed by atoms with E-state index in [0.717, 1.165) is 22.6 Å². The number of nitrogens with two attached hydrogens (primary N) is 1. The van der Waals surface area contributed by atoms with Crippen molar-refractivity contribution in [2.75, 3.05) is 11.1 Å². The SMILES string of the molecule is CCC(C)CC(C)Nc1ncc(N)cc1Br. The Morgan fingerprint density at radius 3 is 2.75 bits per heavy atom. The van der Waals surface area contributed by atoms with Crippen LogP contribution in [-0.4, -0.2) is 11.0 Å². The first kappa shape index (κ1) is 13.3. The molecule has 0 aliphatic rings. The third kappa shape index (κ3) is 4.00. The Morgan fingerprint density at radius 2 is 2.19 bits per heavy atom. The van der Waals surface area contributed by atoms with Crippen LogP contribution in [0.15, 0.2) is 16.7 Å². The van der Waals surface area contributed by atoms with Gasteiger partial charge >= 0.3 is 0 Å². The molecule has 0 saturated carbocycles. The summed E-state index contributed by atoms with van der Waals surface area (Å²) < 4.78 is 0.920. The molecule has 0 aromatic carbocycles. The van der Waals surface area contributed by atoms with Crippen molar-refractivity contribution < 1.29 is 0 Å². The molecule has 1 rings (SSSR count). The molecule has 1 heterocycles. The van der Waals surface area contributed by atoms with Gasteiger partial charge in [-0.25, -0.2) is 4.98 Å². The maximum absolute atomic E-state index is 5.64. The van der Waals surface area contributed by atoms with Crippen LogP contribution in [0.1, 0.15) is 33.6 Å². The van der Waals surface area contributed by atoms with E-state index in [0.29, 0.717) is 11.7 Å². The fourth-order valence-electron chi connectivity index (χ4n) is 1.62. The lowest BCUT2D eigenvalue weighted by Gasteiger charge is -2.18. The van der Waals surface area contributed by atoms with E-state index in [1.54, 1.807) is 6.20 Å². The molecule has 0 aliphatic carbocycles. The van der Waals surface area contributed by atoms with Crippen molar-refractivity contribution in [2.24, 2.45) is 5.92 Å². The molecule has 0 radical (unpaired) electrons. The summed E-state index contributed by atoms with van der Waals surface area (Å²) >= 11 is 3.45. The normalized spacial score (nSPS) is 14.5. The molecule has 0 amide bonds. The van der Waals surface area contributed by atoms with Gasteiger partial charge in [0.2, 0.25) is 0 Å². The predicted octanol–water partition coefficient (Wildman–Crippen LogP) is 3.66. The minimum absolute atomic E-state index is 0.419. The van der Waals surface area contributed by atoms with Crippen molar-refractivity contribution in [1.29, 1.82) is 0 Å². The van der Waals surface area contributed by atoms with Crippen LogP contribution in [-0.2, 0) is 0 Å². The Bertz CT molecular complexity index is 341.